The van der Waals surface area contributed by atoms with Gasteiger partial charge in [-0.2, -0.15) is 0 Å². The Bertz CT molecular complexity index is 973. The summed E-state index contributed by atoms with van der Waals surface area (Å²) in [5.41, 5.74) is 2.21. The van der Waals surface area contributed by atoms with Crippen LogP contribution in [-0.2, 0) is 4.79 Å². The van der Waals surface area contributed by atoms with Crippen LogP contribution in [0.2, 0.25) is 5.02 Å². The highest BCUT2D eigenvalue weighted by molar-refractivity contribution is 7.17. The van der Waals surface area contributed by atoms with Gasteiger partial charge in [0, 0.05) is 18.1 Å². The van der Waals surface area contributed by atoms with Gasteiger partial charge in [0.15, 0.2) is 0 Å². The van der Waals surface area contributed by atoms with Crippen LogP contribution in [0.3, 0.4) is 0 Å². The first-order valence-electron chi connectivity index (χ1n) is 7.71. The minimum Gasteiger partial charge on any atom is -0.325 e. The molecule has 3 rings (SSSR count). The Morgan fingerprint density at radius 1 is 1.12 bits per heavy atom. The third kappa shape index (κ3) is 4.07. The number of aromatic nitrogens is 2. The summed E-state index contributed by atoms with van der Waals surface area (Å²) in [6, 6.07) is 10.4. The van der Waals surface area contributed by atoms with Crippen molar-refractivity contribution in [2.45, 2.75) is 13.8 Å². The van der Waals surface area contributed by atoms with Gasteiger partial charge in [0.2, 0.25) is 5.91 Å². The standard InChI is InChI=1S/C18H15ClN4O2S/c1-10-16(26-18(21-10)14-5-3-4-8-20-14)17(25)23-15-9-12(19)6-7-13(15)22-11(2)24/h3-9H,1-2H3,(H,22,24)(H,23,25). The van der Waals surface area contributed by atoms with Crippen molar-refractivity contribution >= 4 is 46.1 Å². The molecule has 26 heavy (non-hydrogen) atoms. The lowest BCUT2D eigenvalue weighted by atomic mass is 10.2. The van der Waals surface area contributed by atoms with Gasteiger partial charge in [-0.15, -0.1) is 11.3 Å². The number of nitrogens with zero attached hydrogens (tertiary/aromatic N) is 2. The van der Waals surface area contributed by atoms with Gasteiger partial charge in [0.25, 0.3) is 5.91 Å². The van der Waals surface area contributed by atoms with Gasteiger partial charge in [0.1, 0.15) is 9.88 Å². The van der Waals surface area contributed by atoms with Crippen molar-refractivity contribution < 1.29 is 9.59 Å². The van der Waals surface area contributed by atoms with E-state index in [0.717, 1.165) is 0 Å². The third-order valence-electron chi connectivity index (χ3n) is 3.43. The fourth-order valence-corrected chi connectivity index (χ4v) is 3.41. The van der Waals surface area contributed by atoms with Crippen LogP contribution < -0.4 is 10.6 Å². The first-order chi connectivity index (χ1) is 12.4. The summed E-state index contributed by atoms with van der Waals surface area (Å²) in [4.78, 5) is 33.2. The third-order valence-corrected chi connectivity index (χ3v) is 4.84. The number of halogens is 1. The van der Waals surface area contributed by atoms with E-state index in [1.807, 2.05) is 18.2 Å². The number of benzene rings is 1. The van der Waals surface area contributed by atoms with E-state index in [-0.39, 0.29) is 11.8 Å². The van der Waals surface area contributed by atoms with Crippen LogP contribution in [-0.4, -0.2) is 21.8 Å². The predicted molar refractivity (Wildman–Crippen MR) is 104 cm³/mol. The number of hydrogen-bond donors (Lipinski definition) is 2. The Hall–Kier alpha value is -2.77. The summed E-state index contributed by atoms with van der Waals surface area (Å²) in [7, 11) is 0. The van der Waals surface area contributed by atoms with Crippen molar-refractivity contribution in [2.75, 3.05) is 10.6 Å². The number of carbonyl (C=O) groups is 2. The van der Waals surface area contributed by atoms with Gasteiger partial charge in [-0.3, -0.25) is 14.6 Å². The van der Waals surface area contributed by atoms with Crippen molar-refractivity contribution in [2.24, 2.45) is 0 Å². The molecule has 3 aromatic rings. The highest BCUT2D eigenvalue weighted by atomic mass is 35.5. The maximum absolute atomic E-state index is 12.7. The largest absolute Gasteiger partial charge is 0.325 e. The molecule has 0 radical (unpaired) electrons. The van der Waals surface area contributed by atoms with Crippen LogP contribution in [0.1, 0.15) is 22.3 Å². The minimum absolute atomic E-state index is 0.241. The van der Waals surface area contributed by atoms with Crippen LogP contribution in [0, 0.1) is 6.92 Å². The van der Waals surface area contributed by atoms with Gasteiger partial charge in [-0.25, -0.2) is 4.98 Å². The Balaban J connectivity index is 1.88. The topological polar surface area (TPSA) is 84.0 Å². The molecule has 0 aliphatic rings. The van der Waals surface area contributed by atoms with Crippen LogP contribution in [0.4, 0.5) is 11.4 Å². The summed E-state index contributed by atoms with van der Waals surface area (Å²) < 4.78 is 0. The molecule has 2 N–H and O–H groups in total. The van der Waals surface area contributed by atoms with Gasteiger partial charge in [-0.1, -0.05) is 17.7 Å². The number of carbonyl (C=O) groups excluding carboxylic acids is 2. The smallest absolute Gasteiger partial charge is 0.267 e. The lowest BCUT2D eigenvalue weighted by molar-refractivity contribution is -0.114. The number of pyridine rings is 1. The molecule has 132 valence electrons. The molecule has 0 saturated heterocycles. The monoisotopic (exact) mass is 386 g/mol. The fraction of sp³-hybridized carbons (Fsp3) is 0.111. The molecule has 0 aliphatic heterocycles. The first kappa shape index (κ1) is 18.0. The average Bonchev–Trinajstić information content (AvgIpc) is 3.00. The summed E-state index contributed by atoms with van der Waals surface area (Å²) in [6.07, 6.45) is 1.68. The Kier molecular flexibility index (Phi) is 5.29. The number of amides is 2. The second kappa shape index (κ2) is 7.63. The van der Waals surface area contributed by atoms with E-state index >= 15 is 0 Å². The zero-order chi connectivity index (χ0) is 18.7. The molecule has 8 heteroatoms. The minimum atomic E-state index is -0.323. The Morgan fingerprint density at radius 2 is 1.92 bits per heavy atom. The predicted octanol–water partition coefficient (Wildman–Crippen LogP) is 4.38. The van der Waals surface area contributed by atoms with E-state index in [1.165, 1.54) is 18.3 Å². The Morgan fingerprint density at radius 3 is 2.62 bits per heavy atom. The number of thiazole rings is 1. The molecule has 2 aromatic heterocycles. The first-order valence-corrected chi connectivity index (χ1v) is 8.91. The summed E-state index contributed by atoms with van der Waals surface area (Å²) in [5.74, 6) is -0.565. The SMILES string of the molecule is CC(=O)Nc1ccc(Cl)cc1NC(=O)c1sc(-c2ccccn2)nc1C. The number of anilines is 2. The van der Waals surface area contributed by atoms with Crippen molar-refractivity contribution in [3.05, 3.63) is 58.2 Å². The van der Waals surface area contributed by atoms with E-state index in [4.69, 9.17) is 11.6 Å². The molecule has 0 saturated carbocycles. The lowest BCUT2D eigenvalue weighted by Gasteiger charge is -2.11. The van der Waals surface area contributed by atoms with E-state index in [0.29, 0.717) is 37.7 Å². The van der Waals surface area contributed by atoms with Crippen molar-refractivity contribution in [1.29, 1.82) is 0 Å². The van der Waals surface area contributed by atoms with E-state index < -0.39 is 0 Å². The van der Waals surface area contributed by atoms with E-state index in [2.05, 4.69) is 20.6 Å². The second-order valence-corrected chi connectivity index (χ2v) is 6.91. The molecule has 0 aliphatic carbocycles. The number of aryl methyl sites for hydroxylation is 1. The van der Waals surface area contributed by atoms with Crippen LogP contribution in [0.25, 0.3) is 10.7 Å². The van der Waals surface area contributed by atoms with Crippen molar-refractivity contribution in [1.82, 2.24) is 9.97 Å². The average molecular weight is 387 g/mol. The molecule has 6 nitrogen and oxygen atoms in total. The summed E-state index contributed by atoms with van der Waals surface area (Å²) in [6.45, 7) is 3.16. The highest BCUT2D eigenvalue weighted by Gasteiger charge is 2.18. The van der Waals surface area contributed by atoms with E-state index in [9.17, 15) is 9.59 Å². The van der Waals surface area contributed by atoms with Crippen LogP contribution >= 0.6 is 22.9 Å². The molecule has 2 amide bonds. The Labute approximate surface area is 159 Å². The summed E-state index contributed by atoms with van der Waals surface area (Å²) >= 11 is 7.27. The molecule has 0 fully saturated rings. The van der Waals surface area contributed by atoms with Crippen molar-refractivity contribution in [3.8, 4) is 10.7 Å². The quantitative estimate of drug-likeness (QED) is 0.697. The highest BCUT2D eigenvalue weighted by Crippen LogP contribution is 2.30. The molecule has 0 unspecified atom stereocenters. The number of rotatable bonds is 4. The molecule has 2 heterocycles. The molecule has 0 bridgehead atoms. The van der Waals surface area contributed by atoms with Gasteiger partial charge in [-0.05, 0) is 37.3 Å². The normalized spacial score (nSPS) is 10.4. The van der Waals surface area contributed by atoms with Crippen molar-refractivity contribution in [3.63, 3.8) is 0 Å². The molecule has 0 atom stereocenters. The molecular weight excluding hydrogens is 372 g/mol. The van der Waals surface area contributed by atoms with E-state index in [1.54, 1.807) is 31.3 Å². The molecule has 1 aromatic carbocycles. The molecular formula is C18H15ClN4O2S. The maximum Gasteiger partial charge on any atom is 0.267 e. The number of hydrogen-bond acceptors (Lipinski definition) is 5. The van der Waals surface area contributed by atoms with Gasteiger partial charge < -0.3 is 10.6 Å². The fourth-order valence-electron chi connectivity index (χ4n) is 2.30. The van der Waals surface area contributed by atoms with Crippen LogP contribution in [0.5, 0.6) is 0 Å². The lowest BCUT2D eigenvalue weighted by Crippen LogP contribution is -2.15. The van der Waals surface area contributed by atoms with Crippen LogP contribution in [0.15, 0.2) is 42.6 Å². The summed E-state index contributed by atoms with van der Waals surface area (Å²) in [5, 5.41) is 6.58. The van der Waals surface area contributed by atoms with Gasteiger partial charge in [0.05, 0.1) is 22.8 Å². The zero-order valence-electron chi connectivity index (χ0n) is 14.0. The number of nitrogens with one attached hydrogen (secondary N) is 2. The zero-order valence-corrected chi connectivity index (χ0v) is 15.6. The maximum atomic E-state index is 12.7. The second-order valence-electron chi connectivity index (χ2n) is 5.47. The van der Waals surface area contributed by atoms with Gasteiger partial charge >= 0.3 is 0 Å². The molecule has 0 spiro atoms.